The summed E-state index contributed by atoms with van der Waals surface area (Å²) in [5, 5.41) is 13.1. The van der Waals surface area contributed by atoms with Gasteiger partial charge in [0.25, 0.3) is 5.91 Å². The maximum absolute atomic E-state index is 12.2. The number of anilines is 1. The van der Waals surface area contributed by atoms with Crippen molar-refractivity contribution in [3.05, 3.63) is 52.0 Å². The molecule has 0 bridgehead atoms. The van der Waals surface area contributed by atoms with Crippen molar-refractivity contribution in [2.75, 3.05) is 12.4 Å². The molecular weight excluding hydrogens is 301 g/mol. The summed E-state index contributed by atoms with van der Waals surface area (Å²) in [5.41, 5.74) is 0.524. The fourth-order valence-electron chi connectivity index (χ4n) is 1.66. The summed E-state index contributed by atoms with van der Waals surface area (Å²) in [5.74, 6) is -0.172. The molecule has 20 heavy (non-hydrogen) atoms. The van der Waals surface area contributed by atoms with Gasteiger partial charge in [0.15, 0.2) is 0 Å². The Morgan fingerprint density at radius 1 is 1.15 bits per heavy atom. The smallest absolute Gasteiger partial charge is 0.259 e. The Hall–Kier alpha value is -1.91. The van der Waals surface area contributed by atoms with Crippen LogP contribution in [0, 0.1) is 0 Å². The third-order valence-electron chi connectivity index (χ3n) is 2.61. The van der Waals surface area contributed by atoms with Crippen LogP contribution in [0.5, 0.6) is 11.5 Å². The molecule has 0 saturated heterocycles. The van der Waals surface area contributed by atoms with Crippen LogP contribution < -0.4 is 10.1 Å². The molecule has 0 heterocycles. The lowest BCUT2D eigenvalue weighted by molar-refractivity contribution is 0.102. The van der Waals surface area contributed by atoms with E-state index in [9.17, 15) is 9.90 Å². The van der Waals surface area contributed by atoms with Crippen molar-refractivity contribution in [2.45, 2.75) is 0 Å². The molecule has 1 amide bonds. The van der Waals surface area contributed by atoms with E-state index in [1.807, 2.05) is 0 Å². The van der Waals surface area contributed by atoms with Crippen LogP contribution in [0.15, 0.2) is 36.4 Å². The number of carbonyl (C=O) groups excluding carboxylic acids is 1. The molecule has 0 aliphatic rings. The van der Waals surface area contributed by atoms with Crippen LogP contribution in [0.4, 0.5) is 5.69 Å². The molecule has 0 atom stereocenters. The number of benzene rings is 2. The lowest BCUT2D eigenvalue weighted by atomic mass is 10.1. The number of hydrogen-bond donors (Lipinski definition) is 2. The van der Waals surface area contributed by atoms with E-state index in [1.165, 1.54) is 25.3 Å². The normalized spacial score (nSPS) is 10.2. The Balaban J connectivity index is 2.30. The molecule has 2 aromatic rings. The van der Waals surface area contributed by atoms with Gasteiger partial charge in [-0.2, -0.15) is 0 Å². The average Bonchev–Trinajstić information content (AvgIpc) is 2.41. The molecule has 0 aliphatic heterocycles. The fourth-order valence-corrected chi connectivity index (χ4v) is 2.00. The van der Waals surface area contributed by atoms with Crippen LogP contribution in [0.2, 0.25) is 10.0 Å². The summed E-state index contributed by atoms with van der Waals surface area (Å²) in [6.45, 7) is 0. The van der Waals surface area contributed by atoms with Gasteiger partial charge in [-0.3, -0.25) is 4.79 Å². The number of hydrogen-bond acceptors (Lipinski definition) is 3. The molecule has 2 rings (SSSR count). The van der Waals surface area contributed by atoms with E-state index in [0.717, 1.165) is 0 Å². The molecule has 104 valence electrons. The minimum atomic E-state index is -0.443. The molecule has 0 aliphatic carbocycles. The van der Waals surface area contributed by atoms with E-state index in [-0.39, 0.29) is 17.0 Å². The molecule has 0 unspecified atom stereocenters. The number of nitrogens with one attached hydrogen (secondary N) is 1. The number of ether oxygens (including phenoxy) is 1. The summed E-state index contributed by atoms with van der Waals surface area (Å²) in [6.07, 6.45) is 0. The van der Waals surface area contributed by atoms with Crippen molar-refractivity contribution in [1.29, 1.82) is 0 Å². The highest BCUT2D eigenvalue weighted by molar-refractivity contribution is 6.31. The number of methoxy groups -OCH3 is 1. The summed E-state index contributed by atoms with van der Waals surface area (Å²) in [4.78, 5) is 12.2. The largest absolute Gasteiger partial charge is 0.506 e. The molecule has 4 nitrogen and oxygen atoms in total. The number of phenolic OH excluding ortho intramolecular Hbond substituents is 1. The summed E-state index contributed by atoms with van der Waals surface area (Å²) in [6, 6.07) is 9.11. The quantitative estimate of drug-likeness (QED) is 0.843. The maximum atomic E-state index is 12.2. The van der Waals surface area contributed by atoms with Crippen LogP contribution in [0.25, 0.3) is 0 Å². The van der Waals surface area contributed by atoms with Crippen molar-refractivity contribution in [3.8, 4) is 11.5 Å². The number of rotatable bonds is 3. The lowest BCUT2D eigenvalue weighted by Gasteiger charge is -2.11. The zero-order chi connectivity index (χ0) is 14.7. The molecule has 0 radical (unpaired) electrons. The van der Waals surface area contributed by atoms with Gasteiger partial charge < -0.3 is 15.2 Å². The minimum absolute atomic E-state index is 0.119. The van der Waals surface area contributed by atoms with E-state index in [0.29, 0.717) is 15.8 Å². The van der Waals surface area contributed by atoms with Crippen molar-refractivity contribution >= 4 is 34.8 Å². The van der Waals surface area contributed by atoms with Crippen LogP contribution in [-0.2, 0) is 0 Å². The molecule has 2 aromatic carbocycles. The molecule has 2 N–H and O–H groups in total. The minimum Gasteiger partial charge on any atom is -0.506 e. The first-order valence-corrected chi connectivity index (χ1v) is 6.40. The van der Waals surface area contributed by atoms with Crippen molar-refractivity contribution < 1.29 is 14.6 Å². The highest BCUT2D eigenvalue weighted by Crippen LogP contribution is 2.29. The van der Waals surface area contributed by atoms with E-state index in [1.54, 1.807) is 18.2 Å². The number of amides is 1. The van der Waals surface area contributed by atoms with Crippen molar-refractivity contribution in [2.24, 2.45) is 0 Å². The van der Waals surface area contributed by atoms with E-state index in [2.05, 4.69) is 5.32 Å². The van der Waals surface area contributed by atoms with Crippen molar-refractivity contribution in [3.63, 3.8) is 0 Å². The number of phenols is 1. The second-order valence-corrected chi connectivity index (χ2v) is 4.83. The van der Waals surface area contributed by atoms with Gasteiger partial charge in [0.1, 0.15) is 11.5 Å². The highest BCUT2D eigenvalue weighted by atomic mass is 35.5. The maximum Gasteiger partial charge on any atom is 0.259 e. The highest BCUT2D eigenvalue weighted by Gasteiger charge is 2.14. The average molecular weight is 312 g/mol. The Labute approximate surface area is 125 Å². The third-order valence-corrected chi connectivity index (χ3v) is 3.08. The molecule has 0 saturated carbocycles. The van der Waals surface area contributed by atoms with E-state index in [4.69, 9.17) is 27.9 Å². The number of aromatic hydroxyl groups is 1. The Bertz CT molecular complexity index is 659. The van der Waals surface area contributed by atoms with Crippen LogP contribution >= 0.6 is 23.2 Å². The monoisotopic (exact) mass is 311 g/mol. The van der Waals surface area contributed by atoms with Gasteiger partial charge in [-0.1, -0.05) is 23.2 Å². The zero-order valence-corrected chi connectivity index (χ0v) is 12.0. The molecule has 6 heteroatoms. The van der Waals surface area contributed by atoms with Gasteiger partial charge in [0.05, 0.1) is 18.4 Å². The summed E-state index contributed by atoms with van der Waals surface area (Å²) in [7, 11) is 1.46. The van der Waals surface area contributed by atoms with Gasteiger partial charge in [-0.25, -0.2) is 0 Å². The second-order valence-electron chi connectivity index (χ2n) is 3.96. The second kappa shape index (κ2) is 6.03. The molecule has 0 fully saturated rings. The van der Waals surface area contributed by atoms with Crippen molar-refractivity contribution in [1.82, 2.24) is 0 Å². The first-order valence-electron chi connectivity index (χ1n) is 5.64. The predicted octanol–water partition coefficient (Wildman–Crippen LogP) is 3.96. The molecule has 0 spiro atoms. The first kappa shape index (κ1) is 14.5. The Morgan fingerprint density at radius 3 is 2.45 bits per heavy atom. The summed E-state index contributed by atoms with van der Waals surface area (Å²) < 4.78 is 5.11. The lowest BCUT2D eigenvalue weighted by Crippen LogP contribution is -2.13. The Morgan fingerprint density at radius 2 is 1.80 bits per heavy atom. The third kappa shape index (κ3) is 3.15. The SMILES string of the molecule is COc1ccc(Cl)cc1C(=O)Nc1ccc(Cl)cc1O. The van der Waals surface area contributed by atoms with Gasteiger partial charge >= 0.3 is 0 Å². The standard InChI is InChI=1S/C14H11Cl2NO3/c1-20-13-5-3-8(15)6-10(13)14(19)17-11-4-2-9(16)7-12(11)18/h2-7,18H,1H3,(H,17,19). The predicted molar refractivity (Wildman–Crippen MR) is 79.1 cm³/mol. The van der Waals surface area contributed by atoms with Crippen LogP contribution in [-0.4, -0.2) is 18.1 Å². The van der Waals surface area contributed by atoms with Gasteiger partial charge in [0.2, 0.25) is 0 Å². The Kier molecular flexibility index (Phi) is 4.37. The number of carbonyl (C=O) groups is 1. The van der Waals surface area contributed by atoms with Crippen LogP contribution in [0.3, 0.4) is 0 Å². The summed E-state index contributed by atoms with van der Waals surface area (Å²) >= 11 is 11.6. The molecular formula is C14H11Cl2NO3. The van der Waals surface area contributed by atoms with Gasteiger partial charge in [0, 0.05) is 16.1 Å². The topological polar surface area (TPSA) is 58.6 Å². The van der Waals surface area contributed by atoms with Crippen LogP contribution in [0.1, 0.15) is 10.4 Å². The number of halogens is 2. The van der Waals surface area contributed by atoms with Gasteiger partial charge in [-0.15, -0.1) is 0 Å². The fraction of sp³-hybridized carbons (Fsp3) is 0.0714. The van der Waals surface area contributed by atoms with E-state index < -0.39 is 5.91 Å². The van der Waals surface area contributed by atoms with Gasteiger partial charge in [-0.05, 0) is 30.3 Å². The zero-order valence-electron chi connectivity index (χ0n) is 10.5. The molecule has 0 aromatic heterocycles. The van der Waals surface area contributed by atoms with E-state index >= 15 is 0 Å². The first-order chi connectivity index (χ1) is 9.51.